The molecule has 0 radical (unpaired) electrons. The number of hydrogen-bond acceptors (Lipinski definition) is 2. The predicted octanol–water partition coefficient (Wildman–Crippen LogP) is 2.66. The fraction of sp³-hybridized carbons (Fsp3) is 0.286. The summed E-state index contributed by atoms with van der Waals surface area (Å²) in [5, 5.41) is 0. The van der Waals surface area contributed by atoms with Crippen LogP contribution in [0.4, 0.5) is 0 Å². The number of aromatic nitrogens is 1. The second kappa shape index (κ2) is 4.95. The van der Waals surface area contributed by atoms with E-state index in [9.17, 15) is 4.79 Å². The molecule has 3 heteroatoms. The van der Waals surface area contributed by atoms with Gasteiger partial charge in [-0.2, -0.15) is 0 Å². The highest BCUT2D eigenvalue weighted by molar-refractivity contribution is 5.89. The molecule has 0 amide bonds. The van der Waals surface area contributed by atoms with E-state index in [4.69, 9.17) is 0 Å². The average molecular weight is 230 g/mol. The molecule has 0 saturated heterocycles. The minimum atomic E-state index is -0.197. The minimum Gasteiger partial charge on any atom is -0.269 e. The van der Waals surface area contributed by atoms with E-state index in [0.29, 0.717) is 5.49 Å². The summed E-state index contributed by atoms with van der Waals surface area (Å²) in [4.78, 5) is 15.8. The Morgan fingerprint density at radius 1 is 1.35 bits per heavy atom. The van der Waals surface area contributed by atoms with E-state index in [0.717, 1.165) is 5.56 Å². The molecule has 0 aliphatic carbocycles. The van der Waals surface area contributed by atoms with Crippen LogP contribution in [0.3, 0.4) is 0 Å². The van der Waals surface area contributed by atoms with Gasteiger partial charge in [-0.25, -0.2) is 4.99 Å². The van der Waals surface area contributed by atoms with Crippen molar-refractivity contribution in [2.45, 2.75) is 26.2 Å². The molecule has 0 spiro atoms. The minimum absolute atomic E-state index is 0.0179. The third-order valence-corrected chi connectivity index (χ3v) is 2.43. The van der Waals surface area contributed by atoms with Crippen LogP contribution < -0.4 is 5.49 Å². The smallest absolute Gasteiger partial charge is 0.255 e. The zero-order chi connectivity index (χ0) is 13.1. The highest BCUT2D eigenvalue weighted by atomic mass is 16.1. The second-order valence-corrected chi connectivity index (χ2v) is 4.75. The summed E-state index contributed by atoms with van der Waals surface area (Å²) in [6.07, 6.45) is 4.49. The van der Waals surface area contributed by atoms with Crippen molar-refractivity contribution in [3.8, 4) is 0 Å². The topological polar surface area (TPSA) is 34.4 Å². The fourth-order valence-corrected chi connectivity index (χ4v) is 1.41. The van der Waals surface area contributed by atoms with Gasteiger partial charge in [0.25, 0.3) is 5.91 Å². The normalized spacial score (nSPS) is 12.3. The van der Waals surface area contributed by atoms with Gasteiger partial charge in [-0.15, -0.1) is 0 Å². The molecule has 1 aromatic rings. The lowest BCUT2D eigenvalue weighted by Gasteiger charge is -2.19. The Bertz CT molecular complexity index is 516. The molecule has 0 atom stereocenters. The first kappa shape index (κ1) is 13.2. The summed E-state index contributed by atoms with van der Waals surface area (Å²) in [5.74, 6) is -0.197. The van der Waals surface area contributed by atoms with Gasteiger partial charge in [0.05, 0.1) is 0 Å². The Hall–Kier alpha value is -1.90. The zero-order valence-electron chi connectivity index (χ0n) is 10.6. The monoisotopic (exact) mass is 230 g/mol. The molecule has 1 heterocycles. The Kier molecular flexibility index (Phi) is 3.84. The lowest BCUT2D eigenvalue weighted by molar-refractivity contribution is 0.0964. The number of allylic oxidation sites excluding steroid dienone is 1. The van der Waals surface area contributed by atoms with E-state index in [1.54, 1.807) is 6.20 Å². The lowest BCUT2D eigenvalue weighted by Crippen LogP contribution is -2.27. The molecule has 0 fully saturated rings. The molecule has 0 bridgehead atoms. The zero-order valence-corrected chi connectivity index (χ0v) is 10.6. The third kappa shape index (κ3) is 3.03. The van der Waals surface area contributed by atoms with E-state index < -0.39 is 0 Å². The summed E-state index contributed by atoms with van der Waals surface area (Å²) < 4.78 is 1.48. The van der Waals surface area contributed by atoms with Gasteiger partial charge < -0.3 is 0 Å². The van der Waals surface area contributed by atoms with Crippen LogP contribution in [0.2, 0.25) is 0 Å². The standard InChI is InChI=1S/C14H18N2O/c1-6-13(17)16-10-11(14(3,4)5)8-9-12(16)15-7-2/h6-10H,1-2H2,3-5H3. The van der Waals surface area contributed by atoms with Crippen LogP contribution in [0.5, 0.6) is 0 Å². The summed E-state index contributed by atoms with van der Waals surface area (Å²) in [5.41, 5.74) is 1.60. The highest BCUT2D eigenvalue weighted by Crippen LogP contribution is 2.20. The number of pyridine rings is 1. The van der Waals surface area contributed by atoms with Crippen molar-refractivity contribution in [1.82, 2.24) is 4.57 Å². The molecular formula is C14H18N2O. The molecule has 1 rings (SSSR count). The largest absolute Gasteiger partial charge is 0.269 e. The van der Waals surface area contributed by atoms with Gasteiger partial charge in [-0.05, 0) is 23.1 Å². The van der Waals surface area contributed by atoms with Gasteiger partial charge >= 0.3 is 0 Å². The van der Waals surface area contributed by atoms with E-state index >= 15 is 0 Å². The molecule has 0 unspecified atom stereocenters. The fourth-order valence-electron chi connectivity index (χ4n) is 1.41. The van der Waals surface area contributed by atoms with Crippen molar-refractivity contribution in [3.63, 3.8) is 0 Å². The van der Waals surface area contributed by atoms with Crippen molar-refractivity contribution in [2.24, 2.45) is 4.99 Å². The molecule has 1 aromatic heterocycles. The van der Waals surface area contributed by atoms with E-state index in [1.165, 1.54) is 16.8 Å². The summed E-state index contributed by atoms with van der Waals surface area (Å²) in [7, 11) is 0. The van der Waals surface area contributed by atoms with E-state index in [2.05, 4.69) is 38.9 Å². The molecule has 3 nitrogen and oxygen atoms in total. The maximum absolute atomic E-state index is 11.7. The summed E-state index contributed by atoms with van der Waals surface area (Å²) >= 11 is 0. The predicted molar refractivity (Wildman–Crippen MR) is 69.7 cm³/mol. The Morgan fingerprint density at radius 3 is 2.47 bits per heavy atom. The van der Waals surface area contributed by atoms with Crippen molar-refractivity contribution in [3.05, 3.63) is 54.8 Å². The summed E-state index contributed by atoms with van der Waals surface area (Å²) in [6.45, 7) is 13.3. The maximum atomic E-state index is 11.7. The van der Waals surface area contributed by atoms with Crippen molar-refractivity contribution < 1.29 is 4.79 Å². The molecule has 90 valence electrons. The molecule has 0 aliphatic heterocycles. The molecule has 0 saturated carbocycles. The Morgan fingerprint density at radius 2 is 2.00 bits per heavy atom. The summed E-state index contributed by atoms with van der Waals surface area (Å²) in [6, 6.07) is 3.78. The molecule has 0 aromatic carbocycles. The van der Waals surface area contributed by atoms with E-state index in [-0.39, 0.29) is 11.3 Å². The van der Waals surface area contributed by atoms with Crippen LogP contribution in [0.1, 0.15) is 31.1 Å². The molecule has 17 heavy (non-hydrogen) atoms. The van der Waals surface area contributed by atoms with Gasteiger partial charge in [0.1, 0.15) is 5.49 Å². The Balaban J connectivity index is 3.50. The van der Waals surface area contributed by atoms with Gasteiger partial charge in [0.2, 0.25) is 0 Å². The van der Waals surface area contributed by atoms with E-state index in [1.807, 2.05) is 12.1 Å². The molecular weight excluding hydrogens is 212 g/mol. The van der Waals surface area contributed by atoms with Crippen LogP contribution in [0, 0.1) is 0 Å². The van der Waals surface area contributed by atoms with Crippen molar-refractivity contribution in [1.29, 1.82) is 0 Å². The number of carbonyl (C=O) groups excluding carboxylic acids is 1. The number of carbonyl (C=O) groups is 1. The van der Waals surface area contributed by atoms with Gasteiger partial charge in [0, 0.05) is 12.4 Å². The first-order valence-electron chi connectivity index (χ1n) is 5.45. The van der Waals surface area contributed by atoms with Crippen LogP contribution in [0.25, 0.3) is 0 Å². The first-order valence-corrected chi connectivity index (χ1v) is 5.45. The van der Waals surface area contributed by atoms with Crippen molar-refractivity contribution in [2.75, 3.05) is 0 Å². The lowest BCUT2D eigenvalue weighted by atomic mass is 9.88. The maximum Gasteiger partial charge on any atom is 0.255 e. The Labute approximate surface area is 102 Å². The van der Waals surface area contributed by atoms with Gasteiger partial charge in [0.15, 0.2) is 0 Å². The SMILES string of the molecule is C=CN=c1ccc(C(C)(C)C)cn1C(=O)C=C. The number of rotatable bonds is 2. The van der Waals surface area contributed by atoms with Gasteiger partial charge in [-0.3, -0.25) is 9.36 Å². The van der Waals surface area contributed by atoms with Crippen LogP contribution in [-0.2, 0) is 5.41 Å². The van der Waals surface area contributed by atoms with Crippen LogP contribution in [0.15, 0.2) is 48.8 Å². The second-order valence-electron chi connectivity index (χ2n) is 4.75. The third-order valence-electron chi connectivity index (χ3n) is 2.43. The first-order chi connectivity index (χ1) is 7.90. The van der Waals surface area contributed by atoms with Crippen LogP contribution in [-0.4, -0.2) is 10.5 Å². The number of nitrogens with zero attached hydrogens (tertiary/aromatic N) is 2. The quantitative estimate of drug-likeness (QED) is 0.719. The van der Waals surface area contributed by atoms with Crippen LogP contribution >= 0.6 is 0 Å². The molecule has 0 aliphatic rings. The van der Waals surface area contributed by atoms with Gasteiger partial charge in [-0.1, -0.05) is 40.0 Å². The molecule has 0 N–H and O–H groups in total. The number of hydrogen-bond donors (Lipinski definition) is 0. The van der Waals surface area contributed by atoms with Crippen molar-refractivity contribution >= 4 is 5.91 Å². The highest BCUT2D eigenvalue weighted by Gasteiger charge is 2.15. The average Bonchev–Trinajstić information content (AvgIpc) is 2.27.